The standard InChI is InChI=1S/C15H22O4/c1-2-3-11-19-13-9-7-12(8-10-13)5-4-6-14(16)15(17)18/h7-10,14,16H,2-6,11H2,1H3,(H,17,18)/t14-/m1/s1. The number of rotatable bonds is 9. The molecule has 1 aromatic carbocycles. The third-order valence-electron chi connectivity index (χ3n) is 2.92. The zero-order valence-corrected chi connectivity index (χ0v) is 11.3. The molecule has 0 saturated heterocycles. The maximum Gasteiger partial charge on any atom is 0.332 e. The molecule has 0 aliphatic heterocycles. The first-order valence-corrected chi connectivity index (χ1v) is 6.76. The molecule has 0 heterocycles. The van der Waals surface area contributed by atoms with Gasteiger partial charge in [0.05, 0.1) is 6.61 Å². The van der Waals surface area contributed by atoms with Gasteiger partial charge in [0.15, 0.2) is 6.10 Å². The van der Waals surface area contributed by atoms with E-state index in [1.807, 2.05) is 24.3 Å². The molecule has 0 bridgehead atoms. The molecule has 19 heavy (non-hydrogen) atoms. The Hall–Kier alpha value is -1.55. The first-order valence-electron chi connectivity index (χ1n) is 6.76. The highest BCUT2D eigenvalue weighted by Gasteiger charge is 2.11. The molecule has 0 unspecified atom stereocenters. The molecule has 1 aromatic rings. The van der Waals surface area contributed by atoms with Crippen molar-refractivity contribution in [2.24, 2.45) is 0 Å². The second-order valence-corrected chi connectivity index (χ2v) is 4.59. The van der Waals surface area contributed by atoms with Gasteiger partial charge in [-0.05, 0) is 43.4 Å². The van der Waals surface area contributed by atoms with Crippen molar-refractivity contribution in [3.63, 3.8) is 0 Å². The minimum atomic E-state index is -1.25. The Kier molecular flexibility index (Phi) is 6.97. The van der Waals surface area contributed by atoms with E-state index in [1.165, 1.54) is 0 Å². The molecule has 0 aromatic heterocycles. The summed E-state index contributed by atoms with van der Waals surface area (Å²) in [6, 6.07) is 7.82. The number of unbranched alkanes of at least 4 members (excludes halogenated alkanes) is 1. The molecule has 4 heteroatoms. The zero-order valence-electron chi connectivity index (χ0n) is 11.3. The first-order chi connectivity index (χ1) is 9.13. The summed E-state index contributed by atoms with van der Waals surface area (Å²) >= 11 is 0. The topological polar surface area (TPSA) is 66.8 Å². The monoisotopic (exact) mass is 266 g/mol. The van der Waals surface area contributed by atoms with Gasteiger partial charge in [0.25, 0.3) is 0 Å². The van der Waals surface area contributed by atoms with Crippen LogP contribution in [0.2, 0.25) is 0 Å². The van der Waals surface area contributed by atoms with Gasteiger partial charge in [0.1, 0.15) is 5.75 Å². The number of aryl methyl sites for hydroxylation is 1. The lowest BCUT2D eigenvalue weighted by atomic mass is 10.1. The molecule has 0 aliphatic rings. The highest BCUT2D eigenvalue weighted by Crippen LogP contribution is 2.14. The molecule has 0 fully saturated rings. The Morgan fingerprint density at radius 1 is 1.26 bits per heavy atom. The van der Waals surface area contributed by atoms with Crippen LogP contribution in [0.3, 0.4) is 0 Å². The van der Waals surface area contributed by atoms with Crippen LogP contribution in [0.1, 0.15) is 38.2 Å². The summed E-state index contributed by atoms with van der Waals surface area (Å²) in [5.74, 6) is -0.289. The van der Waals surface area contributed by atoms with Crippen molar-refractivity contribution in [2.45, 2.75) is 45.1 Å². The Morgan fingerprint density at radius 2 is 1.95 bits per heavy atom. The number of benzene rings is 1. The van der Waals surface area contributed by atoms with Crippen LogP contribution in [0.5, 0.6) is 5.75 Å². The Bertz CT molecular complexity index is 372. The van der Waals surface area contributed by atoms with Crippen molar-refractivity contribution in [1.82, 2.24) is 0 Å². The average molecular weight is 266 g/mol. The number of aliphatic hydroxyl groups is 1. The van der Waals surface area contributed by atoms with Gasteiger partial charge >= 0.3 is 5.97 Å². The summed E-state index contributed by atoms with van der Waals surface area (Å²) in [4.78, 5) is 10.4. The average Bonchev–Trinajstić information content (AvgIpc) is 2.40. The summed E-state index contributed by atoms with van der Waals surface area (Å²) in [7, 11) is 0. The highest BCUT2D eigenvalue weighted by atomic mass is 16.5. The van der Waals surface area contributed by atoms with Gasteiger partial charge in [-0.15, -0.1) is 0 Å². The molecule has 0 radical (unpaired) electrons. The fourth-order valence-corrected chi connectivity index (χ4v) is 1.71. The predicted octanol–water partition coefficient (Wildman–Crippen LogP) is 2.63. The van der Waals surface area contributed by atoms with E-state index in [1.54, 1.807) is 0 Å². The maximum absolute atomic E-state index is 10.4. The summed E-state index contributed by atoms with van der Waals surface area (Å²) in [6.07, 6.45) is 2.61. The van der Waals surface area contributed by atoms with E-state index in [0.29, 0.717) is 6.42 Å². The molecule has 4 nitrogen and oxygen atoms in total. The molecule has 2 N–H and O–H groups in total. The quantitative estimate of drug-likeness (QED) is 0.674. The Labute approximate surface area is 114 Å². The van der Waals surface area contributed by atoms with Gasteiger partial charge in [0.2, 0.25) is 0 Å². The number of carboxylic acid groups (broad SMARTS) is 1. The van der Waals surface area contributed by atoms with Crippen LogP contribution in [-0.4, -0.2) is 28.9 Å². The van der Waals surface area contributed by atoms with Crippen molar-refractivity contribution in [2.75, 3.05) is 6.61 Å². The fraction of sp³-hybridized carbons (Fsp3) is 0.533. The van der Waals surface area contributed by atoms with Crippen LogP contribution in [0.4, 0.5) is 0 Å². The minimum Gasteiger partial charge on any atom is -0.494 e. The number of aliphatic carboxylic acids is 1. The van der Waals surface area contributed by atoms with Crippen molar-refractivity contribution in [1.29, 1.82) is 0 Å². The van der Waals surface area contributed by atoms with E-state index in [-0.39, 0.29) is 6.42 Å². The zero-order chi connectivity index (χ0) is 14.1. The molecule has 1 atom stereocenters. The second-order valence-electron chi connectivity index (χ2n) is 4.59. The van der Waals surface area contributed by atoms with Gasteiger partial charge in [-0.1, -0.05) is 25.5 Å². The minimum absolute atomic E-state index is 0.282. The lowest BCUT2D eigenvalue weighted by Crippen LogP contribution is -2.19. The Morgan fingerprint density at radius 3 is 2.53 bits per heavy atom. The molecular weight excluding hydrogens is 244 g/mol. The summed E-state index contributed by atoms with van der Waals surface area (Å²) < 4.78 is 5.56. The number of hydrogen-bond donors (Lipinski definition) is 2. The fourth-order valence-electron chi connectivity index (χ4n) is 1.71. The molecule has 0 saturated carbocycles. The summed E-state index contributed by atoms with van der Waals surface area (Å²) in [5.41, 5.74) is 1.13. The van der Waals surface area contributed by atoms with E-state index in [9.17, 15) is 4.79 Å². The van der Waals surface area contributed by atoms with Crippen LogP contribution >= 0.6 is 0 Å². The van der Waals surface area contributed by atoms with E-state index in [0.717, 1.165) is 37.2 Å². The van der Waals surface area contributed by atoms with Gasteiger partial charge in [-0.3, -0.25) is 0 Å². The molecule has 1 rings (SSSR count). The second kappa shape index (κ2) is 8.53. The van der Waals surface area contributed by atoms with Gasteiger partial charge in [-0.2, -0.15) is 0 Å². The molecule has 0 amide bonds. The van der Waals surface area contributed by atoms with Crippen molar-refractivity contribution >= 4 is 5.97 Å². The highest BCUT2D eigenvalue weighted by molar-refractivity contribution is 5.71. The number of hydrogen-bond acceptors (Lipinski definition) is 3. The molecule has 106 valence electrons. The van der Waals surface area contributed by atoms with Crippen molar-refractivity contribution in [3.05, 3.63) is 29.8 Å². The molecular formula is C15H22O4. The lowest BCUT2D eigenvalue weighted by molar-refractivity contribution is -0.146. The first kappa shape index (κ1) is 15.5. The van der Waals surface area contributed by atoms with E-state index < -0.39 is 12.1 Å². The lowest BCUT2D eigenvalue weighted by Gasteiger charge is -2.07. The molecule has 0 spiro atoms. The van der Waals surface area contributed by atoms with Crippen LogP contribution < -0.4 is 4.74 Å². The van der Waals surface area contributed by atoms with Crippen LogP contribution in [0.15, 0.2) is 24.3 Å². The third-order valence-corrected chi connectivity index (χ3v) is 2.92. The van der Waals surface area contributed by atoms with E-state index >= 15 is 0 Å². The van der Waals surface area contributed by atoms with Crippen molar-refractivity contribution < 1.29 is 19.7 Å². The Balaban J connectivity index is 2.30. The third kappa shape index (κ3) is 6.25. The number of carbonyl (C=O) groups is 1. The van der Waals surface area contributed by atoms with Crippen LogP contribution in [0, 0.1) is 0 Å². The molecule has 0 aliphatic carbocycles. The predicted molar refractivity (Wildman–Crippen MR) is 73.4 cm³/mol. The maximum atomic E-state index is 10.4. The van der Waals surface area contributed by atoms with E-state index in [2.05, 4.69) is 6.92 Å². The SMILES string of the molecule is CCCCOc1ccc(CCC[C@@H](O)C(=O)O)cc1. The summed E-state index contributed by atoms with van der Waals surface area (Å²) in [5, 5.41) is 17.7. The largest absolute Gasteiger partial charge is 0.494 e. The van der Waals surface area contributed by atoms with Gasteiger partial charge < -0.3 is 14.9 Å². The normalized spacial score (nSPS) is 12.1. The van der Waals surface area contributed by atoms with Gasteiger partial charge in [-0.25, -0.2) is 4.79 Å². The number of carboxylic acids is 1. The van der Waals surface area contributed by atoms with E-state index in [4.69, 9.17) is 14.9 Å². The smallest absolute Gasteiger partial charge is 0.332 e. The van der Waals surface area contributed by atoms with Crippen molar-refractivity contribution in [3.8, 4) is 5.75 Å². The van der Waals surface area contributed by atoms with Crippen LogP contribution in [-0.2, 0) is 11.2 Å². The van der Waals surface area contributed by atoms with Gasteiger partial charge in [0, 0.05) is 0 Å². The van der Waals surface area contributed by atoms with Crippen LogP contribution in [0.25, 0.3) is 0 Å². The number of aliphatic hydroxyl groups excluding tert-OH is 1. The number of ether oxygens (including phenoxy) is 1. The summed E-state index contributed by atoms with van der Waals surface area (Å²) in [6.45, 7) is 2.86.